The summed E-state index contributed by atoms with van der Waals surface area (Å²) in [7, 11) is -7.89. The number of primary sulfonamides is 1. The maximum atomic E-state index is 12.7. The molecule has 1 aliphatic heterocycles. The summed E-state index contributed by atoms with van der Waals surface area (Å²) in [6.07, 6.45) is 0. The second-order valence-corrected chi connectivity index (χ2v) is 8.76. The van der Waals surface area contributed by atoms with Crippen molar-refractivity contribution in [3.05, 3.63) is 18.2 Å². The van der Waals surface area contributed by atoms with Crippen molar-refractivity contribution < 1.29 is 16.8 Å². The predicted molar refractivity (Wildman–Crippen MR) is 79.4 cm³/mol. The van der Waals surface area contributed by atoms with Crippen molar-refractivity contribution >= 4 is 19.9 Å². The van der Waals surface area contributed by atoms with E-state index >= 15 is 0 Å². The van der Waals surface area contributed by atoms with Gasteiger partial charge in [-0.25, -0.2) is 27.1 Å². The largest absolute Gasteiger partial charge is 0.316 e. The van der Waals surface area contributed by atoms with E-state index in [0.717, 1.165) is 0 Å². The van der Waals surface area contributed by atoms with Crippen molar-refractivity contribution in [2.75, 3.05) is 18.8 Å². The molecule has 4 N–H and O–H groups in total. The molecular formula is C11H14N6O4S2. The number of aromatic amines is 1. The van der Waals surface area contributed by atoms with Crippen LogP contribution in [0.3, 0.4) is 0 Å². The molecule has 2 heterocycles. The molecule has 1 aromatic heterocycles. The highest BCUT2D eigenvalue weighted by atomic mass is 32.2. The fraction of sp³-hybridized carbons (Fsp3) is 0.364. The minimum Gasteiger partial charge on any atom is -0.316 e. The lowest BCUT2D eigenvalue weighted by atomic mass is 10.1. The summed E-state index contributed by atoms with van der Waals surface area (Å²) in [4.78, 5) is -0.502. The maximum Gasteiger partial charge on any atom is 0.238 e. The first-order valence-corrected chi connectivity index (χ1v) is 9.82. The van der Waals surface area contributed by atoms with E-state index < -0.39 is 19.9 Å². The molecule has 0 saturated carbocycles. The fourth-order valence-corrected chi connectivity index (χ4v) is 5.04. The van der Waals surface area contributed by atoms with Crippen LogP contribution in [-0.2, 0) is 19.9 Å². The Kier molecular flexibility index (Phi) is 3.91. The third kappa shape index (κ3) is 3.10. The van der Waals surface area contributed by atoms with Crippen molar-refractivity contribution in [1.82, 2.24) is 25.9 Å². The van der Waals surface area contributed by atoms with Gasteiger partial charge in [0.05, 0.1) is 21.1 Å². The Balaban J connectivity index is 2.21. The standard InChI is InChI=1S/C11H14N6O4S2/c12-23(20,21)9-3-1-2-8(10(9)11-14-16-17-15-11)22(18,19)6-7-4-13-5-7/h1-3,7,13H,4-6H2,(H2,12,20,21)(H,14,15,16,17). The molecule has 1 aromatic carbocycles. The van der Waals surface area contributed by atoms with Crippen LogP contribution in [0.25, 0.3) is 11.4 Å². The van der Waals surface area contributed by atoms with Crippen LogP contribution in [-0.4, -0.2) is 56.3 Å². The fourth-order valence-electron chi connectivity index (χ4n) is 2.37. The molecule has 0 spiro atoms. The molecule has 0 atom stereocenters. The Morgan fingerprint density at radius 1 is 1.17 bits per heavy atom. The highest BCUT2D eigenvalue weighted by molar-refractivity contribution is 7.92. The minimum atomic E-state index is -4.15. The molecular weight excluding hydrogens is 344 g/mol. The maximum absolute atomic E-state index is 12.7. The van der Waals surface area contributed by atoms with Gasteiger partial charge in [0.25, 0.3) is 0 Å². The summed E-state index contributed by atoms with van der Waals surface area (Å²) in [5.41, 5.74) is -0.132. The zero-order valence-electron chi connectivity index (χ0n) is 11.8. The zero-order valence-corrected chi connectivity index (χ0v) is 13.4. The predicted octanol–water partition coefficient (Wildman–Crippen LogP) is -1.49. The van der Waals surface area contributed by atoms with E-state index in [1.165, 1.54) is 18.2 Å². The van der Waals surface area contributed by atoms with Gasteiger partial charge < -0.3 is 5.32 Å². The number of hydrogen-bond donors (Lipinski definition) is 3. The van der Waals surface area contributed by atoms with Gasteiger partial charge in [-0.05, 0) is 28.5 Å². The molecule has 0 radical (unpaired) electrons. The second-order valence-electron chi connectivity index (χ2n) is 5.23. The molecule has 0 bridgehead atoms. The number of nitrogens with zero attached hydrogens (tertiary/aromatic N) is 3. The molecule has 1 fully saturated rings. The number of nitrogens with one attached hydrogen (secondary N) is 2. The Morgan fingerprint density at radius 3 is 2.39 bits per heavy atom. The number of sulfonamides is 1. The number of rotatable bonds is 5. The molecule has 0 unspecified atom stereocenters. The molecule has 1 saturated heterocycles. The monoisotopic (exact) mass is 358 g/mol. The summed E-state index contributed by atoms with van der Waals surface area (Å²) >= 11 is 0. The van der Waals surface area contributed by atoms with E-state index in [9.17, 15) is 16.8 Å². The lowest BCUT2D eigenvalue weighted by molar-refractivity contribution is 0.378. The van der Waals surface area contributed by atoms with E-state index in [1.54, 1.807) is 0 Å². The molecule has 0 aliphatic carbocycles. The SMILES string of the molecule is NS(=O)(=O)c1cccc(S(=O)(=O)CC2CNC2)c1-c1nnn[nH]1. The number of sulfone groups is 1. The smallest absolute Gasteiger partial charge is 0.238 e. The Morgan fingerprint density at radius 2 is 1.87 bits per heavy atom. The number of aromatic nitrogens is 4. The molecule has 3 rings (SSSR count). The van der Waals surface area contributed by atoms with Gasteiger partial charge in [0.2, 0.25) is 10.0 Å². The van der Waals surface area contributed by atoms with Crippen LogP contribution in [0.4, 0.5) is 0 Å². The summed E-state index contributed by atoms with van der Waals surface area (Å²) < 4.78 is 49.0. The van der Waals surface area contributed by atoms with E-state index in [2.05, 4.69) is 25.9 Å². The van der Waals surface area contributed by atoms with Gasteiger partial charge in [0.15, 0.2) is 15.7 Å². The topological polar surface area (TPSA) is 161 Å². The Labute approximate surface area is 132 Å². The number of benzene rings is 1. The van der Waals surface area contributed by atoms with Crippen LogP contribution in [0.1, 0.15) is 0 Å². The third-order valence-electron chi connectivity index (χ3n) is 3.53. The van der Waals surface area contributed by atoms with E-state index in [-0.39, 0.29) is 32.8 Å². The number of tetrazole rings is 1. The quantitative estimate of drug-likeness (QED) is 0.582. The van der Waals surface area contributed by atoms with Crippen molar-refractivity contribution in [1.29, 1.82) is 0 Å². The van der Waals surface area contributed by atoms with Gasteiger partial charge in [0.1, 0.15) is 0 Å². The molecule has 12 heteroatoms. The van der Waals surface area contributed by atoms with Crippen LogP contribution >= 0.6 is 0 Å². The molecule has 0 amide bonds. The molecule has 23 heavy (non-hydrogen) atoms. The zero-order chi connectivity index (χ0) is 16.7. The summed E-state index contributed by atoms with van der Waals surface area (Å²) in [5.74, 6) is -0.179. The van der Waals surface area contributed by atoms with Crippen LogP contribution in [0.5, 0.6) is 0 Å². The third-order valence-corrected chi connectivity index (χ3v) is 6.41. The van der Waals surface area contributed by atoms with Gasteiger partial charge in [-0.2, -0.15) is 0 Å². The summed E-state index contributed by atoms with van der Waals surface area (Å²) in [6.45, 7) is 1.21. The number of H-pyrrole nitrogens is 1. The molecule has 1 aliphatic rings. The van der Waals surface area contributed by atoms with Crippen LogP contribution in [0.2, 0.25) is 0 Å². The average molecular weight is 358 g/mol. The average Bonchev–Trinajstić information content (AvgIpc) is 2.95. The van der Waals surface area contributed by atoms with E-state index in [0.29, 0.717) is 13.1 Å². The first-order chi connectivity index (χ1) is 10.8. The van der Waals surface area contributed by atoms with Crippen LogP contribution in [0, 0.1) is 5.92 Å². The Bertz CT molecular complexity index is 919. The van der Waals surface area contributed by atoms with Gasteiger partial charge >= 0.3 is 0 Å². The van der Waals surface area contributed by atoms with Gasteiger partial charge in [-0.15, -0.1) is 5.10 Å². The molecule has 2 aromatic rings. The normalized spacial score (nSPS) is 16.2. The van der Waals surface area contributed by atoms with Gasteiger partial charge in [-0.3, -0.25) is 0 Å². The molecule has 124 valence electrons. The van der Waals surface area contributed by atoms with Crippen LogP contribution < -0.4 is 10.5 Å². The highest BCUT2D eigenvalue weighted by Crippen LogP contribution is 2.32. The van der Waals surface area contributed by atoms with Crippen molar-refractivity contribution in [2.45, 2.75) is 9.79 Å². The number of nitrogens with two attached hydrogens (primary N) is 1. The van der Waals surface area contributed by atoms with Gasteiger partial charge in [-0.1, -0.05) is 6.07 Å². The van der Waals surface area contributed by atoms with E-state index in [4.69, 9.17) is 5.14 Å². The van der Waals surface area contributed by atoms with Crippen molar-refractivity contribution in [3.63, 3.8) is 0 Å². The van der Waals surface area contributed by atoms with Gasteiger partial charge in [0, 0.05) is 13.1 Å². The van der Waals surface area contributed by atoms with E-state index in [1.807, 2.05) is 0 Å². The summed E-state index contributed by atoms with van der Waals surface area (Å²) in [5, 5.41) is 21.0. The lowest BCUT2D eigenvalue weighted by Crippen LogP contribution is -2.45. The first kappa shape index (κ1) is 16.0. The van der Waals surface area contributed by atoms with Crippen LogP contribution in [0.15, 0.2) is 28.0 Å². The number of hydrogen-bond acceptors (Lipinski definition) is 8. The molecule has 10 nitrogen and oxygen atoms in total. The Hall–Kier alpha value is -1.89. The second kappa shape index (κ2) is 5.63. The van der Waals surface area contributed by atoms with Crippen molar-refractivity contribution in [3.8, 4) is 11.4 Å². The van der Waals surface area contributed by atoms with Crippen molar-refractivity contribution in [2.24, 2.45) is 11.1 Å². The summed E-state index contributed by atoms with van der Waals surface area (Å²) in [6, 6.07) is 3.88. The first-order valence-electron chi connectivity index (χ1n) is 6.62. The lowest BCUT2D eigenvalue weighted by Gasteiger charge is -2.27. The highest BCUT2D eigenvalue weighted by Gasteiger charge is 2.31. The minimum absolute atomic E-state index is 0.0150.